The van der Waals surface area contributed by atoms with Crippen LogP contribution in [0.4, 0.5) is 0 Å². The maximum Gasteiger partial charge on any atom is 0.254 e. The van der Waals surface area contributed by atoms with Gasteiger partial charge < -0.3 is 10.2 Å². The Labute approximate surface area is 143 Å². The lowest BCUT2D eigenvalue weighted by Gasteiger charge is -2.28. The molecule has 3 rings (SSSR count). The minimum atomic E-state index is -3.31. The number of hydrogen-bond acceptors (Lipinski definition) is 4. The third kappa shape index (κ3) is 4.15. The average Bonchev–Trinajstić information content (AvgIpc) is 3.40. The Bertz CT molecular complexity index is 695. The van der Waals surface area contributed by atoms with E-state index in [1.54, 1.807) is 11.0 Å². The zero-order chi connectivity index (χ0) is 17.2. The molecular weight excluding hydrogens is 326 g/mol. The molecule has 2 fully saturated rings. The van der Waals surface area contributed by atoms with Gasteiger partial charge in [-0.15, -0.1) is 0 Å². The summed E-state index contributed by atoms with van der Waals surface area (Å²) in [5.41, 5.74) is 1.67. The number of carbonyl (C=O) groups excluding carboxylic acids is 1. The van der Waals surface area contributed by atoms with Gasteiger partial charge in [-0.25, -0.2) is 8.42 Å². The van der Waals surface area contributed by atoms with E-state index >= 15 is 0 Å². The van der Waals surface area contributed by atoms with E-state index in [4.69, 9.17) is 0 Å². The summed E-state index contributed by atoms with van der Waals surface area (Å²) in [5, 5.41) is 3.15. The van der Waals surface area contributed by atoms with Crippen molar-refractivity contribution in [1.29, 1.82) is 0 Å². The number of amides is 1. The van der Waals surface area contributed by atoms with Crippen LogP contribution >= 0.6 is 0 Å². The van der Waals surface area contributed by atoms with E-state index in [-0.39, 0.29) is 24.2 Å². The zero-order valence-electron chi connectivity index (χ0n) is 14.1. The second-order valence-corrected chi connectivity index (χ2v) is 8.65. The van der Waals surface area contributed by atoms with Gasteiger partial charge in [-0.1, -0.05) is 17.7 Å². The molecule has 0 radical (unpaired) electrons. The standard InChI is InChI=1S/C17H25N3O3S/c1-14-3-2-4-15(13-14)17(21)20(16-5-6-16)11-12-24(22,23)19-9-7-18-8-10-19/h2-4,13,16,18H,5-12H2,1H3. The second-order valence-electron chi connectivity index (χ2n) is 6.56. The quantitative estimate of drug-likeness (QED) is 0.824. The van der Waals surface area contributed by atoms with E-state index in [0.717, 1.165) is 18.4 Å². The molecule has 1 aromatic carbocycles. The first-order valence-corrected chi connectivity index (χ1v) is 10.1. The van der Waals surface area contributed by atoms with Crippen molar-refractivity contribution in [3.8, 4) is 0 Å². The second kappa shape index (κ2) is 7.21. The number of carbonyl (C=O) groups is 1. The fourth-order valence-corrected chi connectivity index (χ4v) is 4.47. The highest BCUT2D eigenvalue weighted by atomic mass is 32.2. The van der Waals surface area contributed by atoms with Crippen molar-refractivity contribution < 1.29 is 13.2 Å². The molecule has 1 aliphatic carbocycles. The van der Waals surface area contributed by atoms with Crippen molar-refractivity contribution in [3.05, 3.63) is 35.4 Å². The molecule has 1 saturated heterocycles. The highest BCUT2D eigenvalue weighted by Crippen LogP contribution is 2.28. The lowest BCUT2D eigenvalue weighted by Crippen LogP contribution is -2.48. The Morgan fingerprint density at radius 1 is 1.29 bits per heavy atom. The number of nitrogens with zero attached hydrogens (tertiary/aromatic N) is 2. The maximum absolute atomic E-state index is 12.8. The Hall–Kier alpha value is -1.44. The minimum absolute atomic E-state index is 0.00105. The molecule has 1 N–H and O–H groups in total. The van der Waals surface area contributed by atoms with Gasteiger partial charge in [0.15, 0.2) is 0 Å². The molecule has 7 heteroatoms. The molecule has 132 valence electrons. The third-order valence-corrected chi connectivity index (χ3v) is 6.42. The Morgan fingerprint density at radius 3 is 2.62 bits per heavy atom. The minimum Gasteiger partial charge on any atom is -0.335 e. The van der Waals surface area contributed by atoms with Gasteiger partial charge in [-0.3, -0.25) is 4.79 Å². The summed E-state index contributed by atoms with van der Waals surface area (Å²) in [7, 11) is -3.31. The van der Waals surface area contributed by atoms with E-state index < -0.39 is 10.0 Å². The van der Waals surface area contributed by atoms with Crippen molar-refractivity contribution in [2.24, 2.45) is 0 Å². The van der Waals surface area contributed by atoms with E-state index in [1.807, 2.05) is 25.1 Å². The Morgan fingerprint density at radius 2 is 2.00 bits per heavy atom. The maximum atomic E-state index is 12.8. The molecule has 1 saturated carbocycles. The van der Waals surface area contributed by atoms with Crippen LogP contribution in [0.15, 0.2) is 24.3 Å². The van der Waals surface area contributed by atoms with E-state index in [9.17, 15) is 13.2 Å². The van der Waals surface area contributed by atoms with Gasteiger partial charge in [0, 0.05) is 44.3 Å². The summed E-state index contributed by atoms with van der Waals surface area (Å²) in [6.07, 6.45) is 1.93. The molecule has 0 spiro atoms. The van der Waals surface area contributed by atoms with Crippen molar-refractivity contribution in [2.45, 2.75) is 25.8 Å². The number of benzene rings is 1. The monoisotopic (exact) mass is 351 g/mol. The summed E-state index contributed by atoms with van der Waals surface area (Å²) in [4.78, 5) is 14.5. The predicted octanol–water partition coefficient (Wildman–Crippen LogP) is 0.835. The lowest BCUT2D eigenvalue weighted by molar-refractivity contribution is 0.0753. The summed E-state index contributed by atoms with van der Waals surface area (Å²) in [6.45, 7) is 4.62. The largest absolute Gasteiger partial charge is 0.335 e. The van der Waals surface area contributed by atoms with Gasteiger partial charge in [0.1, 0.15) is 0 Å². The first kappa shape index (κ1) is 17.4. The van der Waals surface area contributed by atoms with Crippen LogP contribution in [0.1, 0.15) is 28.8 Å². The molecule has 0 unspecified atom stereocenters. The van der Waals surface area contributed by atoms with E-state index in [2.05, 4.69) is 5.32 Å². The number of hydrogen-bond donors (Lipinski definition) is 1. The topological polar surface area (TPSA) is 69.7 Å². The van der Waals surface area contributed by atoms with Crippen LogP contribution in [0.5, 0.6) is 0 Å². The number of piperazine rings is 1. The van der Waals surface area contributed by atoms with E-state index in [0.29, 0.717) is 31.7 Å². The molecule has 0 aromatic heterocycles. The van der Waals surface area contributed by atoms with Gasteiger partial charge in [0.05, 0.1) is 5.75 Å². The van der Waals surface area contributed by atoms with Crippen LogP contribution in [-0.4, -0.2) is 68.0 Å². The lowest BCUT2D eigenvalue weighted by atomic mass is 10.1. The van der Waals surface area contributed by atoms with Crippen molar-refractivity contribution in [3.63, 3.8) is 0 Å². The van der Waals surface area contributed by atoms with Crippen molar-refractivity contribution >= 4 is 15.9 Å². The molecule has 1 aromatic rings. The van der Waals surface area contributed by atoms with Crippen molar-refractivity contribution in [1.82, 2.24) is 14.5 Å². The predicted molar refractivity (Wildman–Crippen MR) is 93.5 cm³/mol. The Kier molecular flexibility index (Phi) is 5.22. The number of rotatable bonds is 6. The van der Waals surface area contributed by atoms with Crippen LogP contribution in [0, 0.1) is 6.92 Å². The summed E-state index contributed by atoms with van der Waals surface area (Å²) in [6, 6.07) is 7.67. The van der Waals surface area contributed by atoms with Crippen LogP contribution < -0.4 is 5.32 Å². The molecule has 6 nitrogen and oxygen atoms in total. The number of nitrogens with one attached hydrogen (secondary N) is 1. The molecule has 1 heterocycles. The summed E-state index contributed by atoms with van der Waals surface area (Å²) < 4.78 is 26.5. The Balaban J connectivity index is 1.67. The highest BCUT2D eigenvalue weighted by molar-refractivity contribution is 7.89. The first-order chi connectivity index (χ1) is 11.5. The molecular formula is C17H25N3O3S. The first-order valence-electron chi connectivity index (χ1n) is 8.53. The molecule has 0 bridgehead atoms. The van der Waals surface area contributed by atoms with Crippen LogP contribution in [0.25, 0.3) is 0 Å². The van der Waals surface area contributed by atoms with E-state index in [1.165, 1.54) is 4.31 Å². The van der Waals surface area contributed by atoms with Gasteiger partial charge in [-0.2, -0.15) is 4.31 Å². The molecule has 1 amide bonds. The van der Waals surface area contributed by atoms with Gasteiger partial charge in [0.2, 0.25) is 10.0 Å². The normalized spacial score (nSPS) is 19.2. The highest BCUT2D eigenvalue weighted by Gasteiger charge is 2.34. The SMILES string of the molecule is Cc1cccc(C(=O)N(CCS(=O)(=O)N2CCNCC2)C2CC2)c1. The fourth-order valence-electron chi connectivity index (χ4n) is 3.05. The van der Waals surface area contributed by atoms with Crippen molar-refractivity contribution in [2.75, 3.05) is 38.5 Å². The van der Waals surface area contributed by atoms with Gasteiger partial charge in [0.25, 0.3) is 5.91 Å². The fraction of sp³-hybridized carbons (Fsp3) is 0.588. The molecule has 2 aliphatic rings. The number of sulfonamides is 1. The summed E-state index contributed by atoms with van der Waals surface area (Å²) in [5.74, 6) is -0.0576. The average molecular weight is 351 g/mol. The van der Waals surface area contributed by atoms with Crippen LogP contribution in [0.2, 0.25) is 0 Å². The van der Waals surface area contributed by atoms with Crippen LogP contribution in [0.3, 0.4) is 0 Å². The van der Waals surface area contributed by atoms with Gasteiger partial charge in [-0.05, 0) is 31.9 Å². The zero-order valence-corrected chi connectivity index (χ0v) is 14.9. The van der Waals surface area contributed by atoms with Crippen LogP contribution in [-0.2, 0) is 10.0 Å². The third-order valence-electron chi connectivity index (χ3n) is 4.57. The smallest absolute Gasteiger partial charge is 0.254 e. The van der Waals surface area contributed by atoms with Gasteiger partial charge >= 0.3 is 0 Å². The summed E-state index contributed by atoms with van der Waals surface area (Å²) >= 11 is 0. The molecule has 0 atom stereocenters. The molecule has 1 aliphatic heterocycles. The molecule has 24 heavy (non-hydrogen) atoms. The number of aryl methyl sites for hydroxylation is 1.